The van der Waals surface area contributed by atoms with Gasteiger partial charge >= 0.3 is 5.97 Å². The van der Waals surface area contributed by atoms with Gasteiger partial charge in [-0.3, -0.25) is 9.59 Å². The molecule has 3 N–H and O–H groups in total. The van der Waals surface area contributed by atoms with E-state index < -0.39 is 58.5 Å². The van der Waals surface area contributed by atoms with Crippen molar-refractivity contribution >= 4 is 11.8 Å². The monoisotopic (exact) mass is 452 g/mol. The van der Waals surface area contributed by atoms with Crippen LogP contribution in [0.5, 0.6) is 0 Å². The summed E-state index contributed by atoms with van der Waals surface area (Å²) in [5.41, 5.74) is -2.94. The van der Waals surface area contributed by atoms with Gasteiger partial charge in [-0.05, 0) is 45.6 Å². The second kappa shape index (κ2) is 7.34. The fraction of sp³-hybridized carbons (Fsp3) is 0.833. The molecule has 8 nitrogen and oxygen atoms in total. The lowest BCUT2D eigenvalue weighted by atomic mass is 9.46. The number of fused-ring (bicyclic) bond motifs is 5. The van der Waals surface area contributed by atoms with Gasteiger partial charge in [0.25, 0.3) is 0 Å². The van der Waals surface area contributed by atoms with E-state index in [9.17, 15) is 24.9 Å². The Balaban J connectivity index is 1.96. The third kappa shape index (κ3) is 2.99. The molecule has 1 heterocycles. The van der Waals surface area contributed by atoms with E-state index in [0.29, 0.717) is 18.4 Å². The molecule has 4 rings (SSSR count). The van der Waals surface area contributed by atoms with Crippen molar-refractivity contribution in [3.63, 3.8) is 0 Å². The molecule has 4 aliphatic rings. The number of carbonyl (C=O) groups excluding carboxylic acids is 2. The summed E-state index contributed by atoms with van der Waals surface area (Å²) in [6.07, 6.45) is -2.64. The molecule has 3 fully saturated rings. The third-order valence-corrected chi connectivity index (χ3v) is 8.95. The van der Waals surface area contributed by atoms with Crippen LogP contribution in [0.1, 0.15) is 67.2 Å². The summed E-state index contributed by atoms with van der Waals surface area (Å²) in [7, 11) is 0. The number of rotatable bonds is 3. The number of ether oxygens (including phenoxy) is 3. The lowest BCUT2D eigenvalue weighted by molar-refractivity contribution is -0.327. The van der Waals surface area contributed by atoms with Crippen molar-refractivity contribution in [2.24, 2.45) is 16.7 Å². The molecule has 0 aromatic carbocycles. The maximum absolute atomic E-state index is 14.2. The highest BCUT2D eigenvalue weighted by atomic mass is 16.6. The maximum atomic E-state index is 14.2. The molecule has 180 valence electrons. The first kappa shape index (κ1) is 23.8. The van der Waals surface area contributed by atoms with E-state index >= 15 is 0 Å². The average Bonchev–Trinajstić information content (AvgIpc) is 2.67. The zero-order valence-electron chi connectivity index (χ0n) is 19.8. The number of ketones is 1. The molecule has 1 aliphatic heterocycles. The molecule has 3 aliphatic carbocycles. The highest BCUT2D eigenvalue weighted by Crippen LogP contribution is 2.63. The summed E-state index contributed by atoms with van der Waals surface area (Å²) >= 11 is 0. The molecule has 0 radical (unpaired) electrons. The topological polar surface area (TPSA) is 123 Å². The standard InChI is InChI=1S/C24H36O8/c1-12-7-8-23(29)10-15-22(6,16(27)9-17-24(15,11-30-17)32-14(3)26)20(28)19(31-13(2)25)18(12)21(23,4)5/h13,15-17,19,25,27,29H,7-11H2,1-6H3/t13?,15-,16-,17+,19+,22-,23+,24+/m0/s1. The number of esters is 1. The predicted molar refractivity (Wildman–Crippen MR) is 113 cm³/mol. The van der Waals surface area contributed by atoms with Crippen LogP contribution >= 0.6 is 0 Å². The highest BCUT2D eigenvalue weighted by molar-refractivity contribution is 5.93. The molecular formula is C24H36O8. The van der Waals surface area contributed by atoms with Gasteiger partial charge in [0.1, 0.15) is 12.2 Å². The number of aliphatic hydroxyl groups is 3. The van der Waals surface area contributed by atoms with Crippen LogP contribution in [0.15, 0.2) is 11.1 Å². The normalized spacial score (nSPS) is 46.2. The van der Waals surface area contributed by atoms with E-state index in [1.165, 1.54) is 13.8 Å². The Morgan fingerprint density at radius 1 is 1.28 bits per heavy atom. The van der Waals surface area contributed by atoms with Gasteiger partial charge in [-0.2, -0.15) is 0 Å². The van der Waals surface area contributed by atoms with E-state index in [-0.39, 0.29) is 25.2 Å². The van der Waals surface area contributed by atoms with E-state index in [2.05, 4.69) is 0 Å². The zero-order valence-corrected chi connectivity index (χ0v) is 19.8. The smallest absolute Gasteiger partial charge is 0.303 e. The number of carbonyl (C=O) groups is 2. The van der Waals surface area contributed by atoms with Crippen molar-refractivity contribution in [2.45, 2.75) is 103 Å². The summed E-state index contributed by atoms with van der Waals surface area (Å²) in [5, 5.41) is 33.5. The highest BCUT2D eigenvalue weighted by Gasteiger charge is 2.73. The first-order chi connectivity index (χ1) is 14.7. The zero-order chi connectivity index (χ0) is 23.9. The molecule has 2 saturated carbocycles. The fourth-order valence-electron chi connectivity index (χ4n) is 6.91. The lowest BCUT2D eigenvalue weighted by Crippen LogP contribution is -2.77. The first-order valence-electron chi connectivity index (χ1n) is 11.5. The van der Waals surface area contributed by atoms with Gasteiger partial charge in [-0.25, -0.2) is 0 Å². The van der Waals surface area contributed by atoms with Crippen molar-refractivity contribution in [2.75, 3.05) is 6.61 Å². The Labute approximate surface area is 188 Å². The number of aliphatic hydroxyl groups excluding tert-OH is 2. The molecule has 0 amide bonds. The Kier molecular flexibility index (Phi) is 5.46. The molecule has 1 saturated heterocycles. The quantitative estimate of drug-likeness (QED) is 0.336. The van der Waals surface area contributed by atoms with Crippen LogP contribution in [-0.4, -0.2) is 69.5 Å². The SMILES string of the molecule is CC(=O)O[C@@]12CO[C@@H]1C[C@H](O)[C@@]1(C)C(=O)[C@H](OC(C)O)C3=C(C)CC[C@@](O)(C[C@H]21)C3(C)C. The summed E-state index contributed by atoms with van der Waals surface area (Å²) < 4.78 is 17.4. The minimum absolute atomic E-state index is 0.109. The van der Waals surface area contributed by atoms with Crippen molar-refractivity contribution in [3.8, 4) is 0 Å². The predicted octanol–water partition coefficient (Wildman–Crippen LogP) is 1.64. The van der Waals surface area contributed by atoms with Crippen LogP contribution in [-0.2, 0) is 23.8 Å². The van der Waals surface area contributed by atoms with E-state index in [4.69, 9.17) is 14.2 Å². The number of hydrogen-bond donors (Lipinski definition) is 3. The van der Waals surface area contributed by atoms with Gasteiger partial charge in [-0.15, -0.1) is 0 Å². The molecule has 8 heteroatoms. The molecule has 2 bridgehead atoms. The van der Waals surface area contributed by atoms with Gasteiger partial charge < -0.3 is 29.5 Å². The Hall–Kier alpha value is -1.32. The number of allylic oxidation sites excluding steroid dienone is 1. The molecule has 0 aromatic heterocycles. The third-order valence-electron chi connectivity index (χ3n) is 8.95. The van der Waals surface area contributed by atoms with Gasteiger partial charge in [0.15, 0.2) is 17.7 Å². The second-order valence-electron chi connectivity index (χ2n) is 11.0. The molecule has 1 unspecified atom stereocenters. The minimum atomic E-state index is -1.37. The summed E-state index contributed by atoms with van der Waals surface area (Å²) in [6.45, 7) is 10.3. The van der Waals surface area contributed by atoms with Gasteiger partial charge in [0, 0.05) is 24.7 Å². The maximum Gasteiger partial charge on any atom is 0.303 e. The number of hydrogen-bond acceptors (Lipinski definition) is 8. The number of Topliss-reactive ketones (excluding diaryl/α,β-unsaturated/α-hetero) is 1. The van der Waals surface area contributed by atoms with Gasteiger partial charge in [-0.1, -0.05) is 19.4 Å². The summed E-state index contributed by atoms with van der Waals surface area (Å²) in [6, 6.07) is 0. The van der Waals surface area contributed by atoms with E-state index in [1.807, 2.05) is 20.8 Å². The van der Waals surface area contributed by atoms with Crippen LogP contribution in [0.2, 0.25) is 0 Å². The fourth-order valence-corrected chi connectivity index (χ4v) is 6.91. The Morgan fingerprint density at radius 3 is 2.47 bits per heavy atom. The minimum Gasteiger partial charge on any atom is -0.454 e. The van der Waals surface area contributed by atoms with Gasteiger partial charge in [0.2, 0.25) is 0 Å². The molecule has 0 aromatic rings. The molecule has 32 heavy (non-hydrogen) atoms. The van der Waals surface area contributed by atoms with Crippen LogP contribution in [0, 0.1) is 16.7 Å². The molecule has 8 atom stereocenters. The lowest BCUT2D eigenvalue weighted by Gasteiger charge is -2.65. The van der Waals surface area contributed by atoms with Crippen LogP contribution in [0.25, 0.3) is 0 Å². The van der Waals surface area contributed by atoms with Gasteiger partial charge in [0.05, 0.1) is 23.7 Å². The molecule has 0 spiro atoms. The van der Waals surface area contributed by atoms with Crippen molar-refractivity contribution < 1.29 is 39.1 Å². The molecular weight excluding hydrogens is 416 g/mol. The first-order valence-corrected chi connectivity index (χ1v) is 11.5. The average molecular weight is 453 g/mol. The Morgan fingerprint density at radius 2 is 1.94 bits per heavy atom. The summed E-state index contributed by atoms with van der Waals surface area (Å²) in [5.74, 6) is -1.54. The van der Waals surface area contributed by atoms with E-state index in [1.54, 1.807) is 6.92 Å². The van der Waals surface area contributed by atoms with Crippen molar-refractivity contribution in [3.05, 3.63) is 11.1 Å². The summed E-state index contributed by atoms with van der Waals surface area (Å²) in [4.78, 5) is 26.4. The largest absolute Gasteiger partial charge is 0.454 e. The van der Waals surface area contributed by atoms with E-state index in [0.717, 1.165) is 5.57 Å². The van der Waals surface area contributed by atoms with Crippen molar-refractivity contribution in [1.82, 2.24) is 0 Å². The van der Waals surface area contributed by atoms with Crippen LogP contribution < -0.4 is 0 Å². The van der Waals surface area contributed by atoms with Crippen LogP contribution in [0.4, 0.5) is 0 Å². The second-order valence-corrected chi connectivity index (χ2v) is 11.0. The Bertz CT molecular complexity index is 862. The van der Waals surface area contributed by atoms with Crippen LogP contribution in [0.3, 0.4) is 0 Å². The van der Waals surface area contributed by atoms with Crippen molar-refractivity contribution in [1.29, 1.82) is 0 Å².